The standard InChI is InChI=1S/C36H31ClO8/c1-26(32(38)42-22-30-17-19-31(37)20-18-30)21-36(33(39)43-23-27-11-5-2-6-12-27,34(40)44-24-28-13-7-3-8-14-28)35(41)45-25-29-15-9-4-10-16-29/h2-20H,1,21-25H2. The van der Waals surface area contributed by atoms with E-state index in [4.69, 9.17) is 30.5 Å². The van der Waals surface area contributed by atoms with Gasteiger partial charge in [0.2, 0.25) is 0 Å². The molecule has 0 unspecified atom stereocenters. The first-order valence-corrected chi connectivity index (χ1v) is 14.4. The summed E-state index contributed by atoms with van der Waals surface area (Å²) in [7, 11) is 0. The first-order chi connectivity index (χ1) is 21.8. The van der Waals surface area contributed by atoms with E-state index in [0.717, 1.165) is 0 Å². The Balaban J connectivity index is 1.63. The lowest BCUT2D eigenvalue weighted by atomic mass is 9.81. The summed E-state index contributed by atoms with van der Waals surface area (Å²) >= 11 is 5.93. The maximum absolute atomic E-state index is 13.9. The maximum atomic E-state index is 13.9. The van der Waals surface area contributed by atoms with Gasteiger partial charge in [-0.15, -0.1) is 0 Å². The molecule has 4 aromatic carbocycles. The van der Waals surface area contributed by atoms with E-state index in [1.807, 2.05) is 0 Å². The third-order valence-electron chi connectivity index (χ3n) is 6.73. The SMILES string of the molecule is C=C(CC(C(=O)OCc1ccccc1)(C(=O)OCc1ccccc1)C(=O)OCc1ccccc1)C(=O)OCc1ccc(Cl)cc1. The summed E-state index contributed by atoms with van der Waals surface area (Å²) in [6.07, 6.45) is -0.804. The zero-order chi connectivity index (χ0) is 32.1. The molecule has 8 nitrogen and oxygen atoms in total. The van der Waals surface area contributed by atoms with Crippen molar-refractivity contribution >= 4 is 35.5 Å². The Morgan fingerprint density at radius 2 is 0.844 bits per heavy atom. The Morgan fingerprint density at radius 1 is 0.511 bits per heavy atom. The van der Waals surface area contributed by atoms with E-state index in [-0.39, 0.29) is 32.0 Å². The number of hydrogen-bond donors (Lipinski definition) is 0. The average Bonchev–Trinajstić information content (AvgIpc) is 3.08. The van der Waals surface area contributed by atoms with Gasteiger partial charge >= 0.3 is 23.9 Å². The largest absolute Gasteiger partial charge is 0.460 e. The zero-order valence-corrected chi connectivity index (χ0v) is 25.1. The number of carbonyl (C=O) groups is 4. The lowest BCUT2D eigenvalue weighted by molar-refractivity contribution is -0.186. The van der Waals surface area contributed by atoms with Crippen molar-refractivity contribution in [3.8, 4) is 0 Å². The minimum absolute atomic E-state index is 0.141. The average molecular weight is 627 g/mol. The molecule has 0 saturated carbocycles. The van der Waals surface area contributed by atoms with Crippen molar-refractivity contribution in [3.05, 3.63) is 155 Å². The van der Waals surface area contributed by atoms with Crippen LogP contribution in [0, 0.1) is 5.41 Å². The topological polar surface area (TPSA) is 105 Å². The lowest BCUT2D eigenvalue weighted by Crippen LogP contribution is -2.50. The van der Waals surface area contributed by atoms with E-state index < -0.39 is 35.7 Å². The zero-order valence-electron chi connectivity index (χ0n) is 24.4. The molecular weight excluding hydrogens is 596 g/mol. The molecule has 0 aliphatic carbocycles. The molecular formula is C36H31ClO8. The van der Waals surface area contributed by atoms with Crippen molar-refractivity contribution in [2.24, 2.45) is 5.41 Å². The maximum Gasteiger partial charge on any atom is 0.335 e. The van der Waals surface area contributed by atoms with Crippen molar-refractivity contribution < 1.29 is 38.1 Å². The van der Waals surface area contributed by atoms with Gasteiger partial charge in [-0.05, 0) is 34.4 Å². The number of carbonyl (C=O) groups excluding carboxylic acids is 4. The highest BCUT2D eigenvalue weighted by Gasteiger charge is 2.58. The Bertz CT molecular complexity index is 1470. The molecule has 0 fully saturated rings. The minimum atomic E-state index is -2.73. The smallest absolute Gasteiger partial charge is 0.335 e. The van der Waals surface area contributed by atoms with Gasteiger partial charge in [-0.3, -0.25) is 14.4 Å². The van der Waals surface area contributed by atoms with E-state index in [9.17, 15) is 19.2 Å². The molecule has 4 rings (SSSR count). The van der Waals surface area contributed by atoms with Crippen molar-refractivity contribution in [1.82, 2.24) is 0 Å². The summed E-state index contributed by atoms with van der Waals surface area (Å²) in [6.45, 7) is 2.84. The highest BCUT2D eigenvalue weighted by molar-refractivity contribution is 6.30. The van der Waals surface area contributed by atoms with Crippen LogP contribution in [0.15, 0.2) is 127 Å². The van der Waals surface area contributed by atoms with E-state index in [1.54, 1.807) is 115 Å². The van der Waals surface area contributed by atoms with Crippen LogP contribution in [0.25, 0.3) is 0 Å². The van der Waals surface area contributed by atoms with Crippen molar-refractivity contribution in [2.75, 3.05) is 0 Å². The number of hydrogen-bond acceptors (Lipinski definition) is 8. The van der Waals surface area contributed by atoms with Gasteiger partial charge in [-0.25, -0.2) is 4.79 Å². The molecule has 0 radical (unpaired) electrons. The van der Waals surface area contributed by atoms with Gasteiger partial charge in [0.15, 0.2) is 0 Å². The lowest BCUT2D eigenvalue weighted by Gasteiger charge is -2.28. The van der Waals surface area contributed by atoms with Crippen molar-refractivity contribution in [1.29, 1.82) is 0 Å². The summed E-state index contributed by atoms with van der Waals surface area (Å²) in [5.41, 5.74) is -0.606. The Labute approximate surface area is 266 Å². The molecule has 0 N–H and O–H groups in total. The molecule has 4 aromatic rings. The molecule has 0 atom stereocenters. The van der Waals surface area contributed by atoms with Crippen LogP contribution in [0.1, 0.15) is 28.7 Å². The van der Waals surface area contributed by atoms with E-state index in [0.29, 0.717) is 27.3 Å². The second kappa shape index (κ2) is 16.0. The van der Waals surface area contributed by atoms with Crippen LogP contribution in [0.5, 0.6) is 0 Å². The molecule has 0 aromatic heterocycles. The number of benzene rings is 4. The summed E-state index contributed by atoms with van der Waals surface area (Å²) in [5.74, 6) is -4.70. The summed E-state index contributed by atoms with van der Waals surface area (Å²) in [6, 6.07) is 32.7. The van der Waals surface area contributed by atoms with Crippen LogP contribution in [-0.2, 0) is 64.6 Å². The van der Waals surface area contributed by atoms with Gasteiger partial charge in [0.1, 0.15) is 26.4 Å². The minimum Gasteiger partial charge on any atom is -0.460 e. The molecule has 0 aliphatic rings. The molecule has 0 bridgehead atoms. The first kappa shape index (κ1) is 32.7. The van der Waals surface area contributed by atoms with Gasteiger partial charge < -0.3 is 18.9 Å². The molecule has 0 amide bonds. The molecule has 0 aliphatic heterocycles. The van der Waals surface area contributed by atoms with Gasteiger partial charge in [-0.2, -0.15) is 0 Å². The predicted molar refractivity (Wildman–Crippen MR) is 166 cm³/mol. The Morgan fingerprint density at radius 3 is 1.22 bits per heavy atom. The van der Waals surface area contributed by atoms with Crippen molar-refractivity contribution in [3.63, 3.8) is 0 Å². The van der Waals surface area contributed by atoms with E-state index >= 15 is 0 Å². The molecule has 45 heavy (non-hydrogen) atoms. The number of esters is 4. The van der Waals surface area contributed by atoms with Crippen LogP contribution >= 0.6 is 11.6 Å². The fourth-order valence-corrected chi connectivity index (χ4v) is 4.36. The van der Waals surface area contributed by atoms with Gasteiger partial charge in [-0.1, -0.05) is 121 Å². The van der Waals surface area contributed by atoms with Crippen LogP contribution in [0.4, 0.5) is 0 Å². The Hall–Kier alpha value is -5.21. The van der Waals surface area contributed by atoms with Crippen LogP contribution in [-0.4, -0.2) is 23.9 Å². The predicted octanol–water partition coefficient (Wildman–Crippen LogP) is 6.55. The third-order valence-corrected chi connectivity index (χ3v) is 6.99. The molecule has 230 valence electrons. The highest BCUT2D eigenvalue weighted by Crippen LogP contribution is 2.34. The summed E-state index contributed by atoms with van der Waals surface area (Å²) in [4.78, 5) is 54.7. The second-order valence-corrected chi connectivity index (χ2v) is 10.5. The fraction of sp³-hybridized carbons (Fsp3) is 0.167. The molecule has 0 heterocycles. The molecule has 0 saturated heterocycles. The van der Waals surface area contributed by atoms with Gasteiger partial charge in [0.05, 0.1) is 0 Å². The van der Waals surface area contributed by atoms with Crippen LogP contribution in [0.2, 0.25) is 5.02 Å². The highest BCUT2D eigenvalue weighted by atomic mass is 35.5. The van der Waals surface area contributed by atoms with Crippen LogP contribution in [0.3, 0.4) is 0 Å². The second-order valence-electron chi connectivity index (χ2n) is 10.1. The van der Waals surface area contributed by atoms with Gasteiger partial charge in [0, 0.05) is 17.0 Å². The molecule has 0 spiro atoms. The van der Waals surface area contributed by atoms with Crippen LogP contribution < -0.4 is 0 Å². The van der Waals surface area contributed by atoms with E-state index in [2.05, 4.69) is 6.58 Å². The monoisotopic (exact) mass is 626 g/mol. The molecule has 9 heteroatoms. The first-order valence-electron chi connectivity index (χ1n) is 14.0. The van der Waals surface area contributed by atoms with Gasteiger partial charge in [0.25, 0.3) is 5.41 Å². The quantitative estimate of drug-likeness (QED) is 0.0672. The number of ether oxygens (including phenoxy) is 4. The normalized spacial score (nSPS) is 10.8. The number of rotatable bonds is 14. The Kier molecular flexibility index (Phi) is 11.6. The summed E-state index contributed by atoms with van der Waals surface area (Å²) in [5, 5.41) is 0.510. The fourth-order valence-electron chi connectivity index (χ4n) is 4.23. The van der Waals surface area contributed by atoms with E-state index in [1.165, 1.54) is 0 Å². The summed E-state index contributed by atoms with van der Waals surface area (Å²) < 4.78 is 21.9. The van der Waals surface area contributed by atoms with Crippen molar-refractivity contribution in [2.45, 2.75) is 32.8 Å². The number of halogens is 1. The third kappa shape index (κ3) is 9.14.